The molecule has 5 heteroatoms. The van der Waals surface area contributed by atoms with Crippen LogP contribution in [-0.2, 0) is 0 Å². The van der Waals surface area contributed by atoms with E-state index in [9.17, 15) is 0 Å². The van der Waals surface area contributed by atoms with Crippen molar-refractivity contribution in [1.82, 2.24) is 24.6 Å². The fraction of sp³-hybridized carbons (Fsp3) is 0. The van der Waals surface area contributed by atoms with Gasteiger partial charge in [0, 0.05) is 38.8 Å². The van der Waals surface area contributed by atoms with Gasteiger partial charge in [-0.15, -0.1) is 0 Å². The van der Waals surface area contributed by atoms with Gasteiger partial charge in [0.2, 0.25) is 0 Å². The van der Waals surface area contributed by atoms with Crippen molar-refractivity contribution in [2.45, 2.75) is 0 Å². The summed E-state index contributed by atoms with van der Waals surface area (Å²) in [6.45, 7) is 0. The van der Waals surface area contributed by atoms with Crippen LogP contribution in [0.1, 0.15) is 0 Å². The van der Waals surface area contributed by atoms with Crippen molar-refractivity contribution in [2.75, 3.05) is 0 Å². The van der Waals surface area contributed by atoms with E-state index in [0.717, 1.165) is 66.6 Å². The monoisotopic (exact) mass is 627 g/mol. The molecule has 3 aromatic heterocycles. The molecule has 49 heavy (non-hydrogen) atoms. The van der Waals surface area contributed by atoms with E-state index in [0.29, 0.717) is 17.5 Å². The Balaban J connectivity index is 1.23. The molecule has 0 saturated carbocycles. The number of hydrogen-bond acceptors (Lipinski definition) is 4. The molecule has 0 aliphatic rings. The number of aromatic nitrogens is 5. The lowest BCUT2D eigenvalue weighted by Crippen LogP contribution is -2.00. The summed E-state index contributed by atoms with van der Waals surface area (Å²) >= 11 is 0. The summed E-state index contributed by atoms with van der Waals surface area (Å²) in [6.07, 6.45) is 0. The second kappa shape index (κ2) is 12.1. The van der Waals surface area contributed by atoms with E-state index in [4.69, 9.17) is 20.1 Å². The average molecular weight is 628 g/mol. The fourth-order valence-electron chi connectivity index (χ4n) is 6.50. The molecule has 9 aromatic rings. The quantitative estimate of drug-likeness (QED) is 0.184. The first-order valence-corrected chi connectivity index (χ1v) is 16.3. The van der Waals surface area contributed by atoms with Crippen LogP contribution in [0.4, 0.5) is 0 Å². The lowest BCUT2D eigenvalue weighted by atomic mass is 9.97. The average Bonchev–Trinajstić information content (AvgIpc) is 3.60. The van der Waals surface area contributed by atoms with Crippen molar-refractivity contribution >= 4 is 16.3 Å². The van der Waals surface area contributed by atoms with Gasteiger partial charge in [0.1, 0.15) is 5.69 Å². The highest BCUT2D eigenvalue weighted by molar-refractivity contribution is 6.08. The van der Waals surface area contributed by atoms with E-state index in [2.05, 4.69) is 114 Å². The zero-order valence-electron chi connectivity index (χ0n) is 26.5. The molecule has 9 rings (SSSR count). The highest BCUT2D eigenvalue weighted by Gasteiger charge is 2.21. The largest absolute Gasteiger partial charge is 0.231 e. The zero-order chi connectivity index (χ0) is 32.6. The number of hydrogen-bond donors (Lipinski definition) is 0. The number of nitrogens with zero attached hydrogens (tertiary/aromatic N) is 5. The molecular weight excluding hydrogens is 599 g/mol. The molecule has 0 bridgehead atoms. The third kappa shape index (κ3) is 5.24. The van der Waals surface area contributed by atoms with Crippen molar-refractivity contribution in [2.24, 2.45) is 0 Å². The number of fused-ring (bicyclic) bond motifs is 3. The summed E-state index contributed by atoms with van der Waals surface area (Å²) in [6, 6.07) is 60.4. The predicted molar refractivity (Wildman–Crippen MR) is 199 cm³/mol. The maximum atomic E-state index is 5.34. The molecule has 0 radical (unpaired) electrons. The molecule has 0 unspecified atom stereocenters. The minimum atomic E-state index is 0.625. The van der Waals surface area contributed by atoms with Gasteiger partial charge in [-0.05, 0) is 17.0 Å². The normalized spacial score (nSPS) is 11.3. The maximum absolute atomic E-state index is 5.34. The van der Waals surface area contributed by atoms with Gasteiger partial charge >= 0.3 is 0 Å². The van der Waals surface area contributed by atoms with Crippen molar-refractivity contribution in [3.8, 4) is 67.8 Å². The van der Waals surface area contributed by atoms with Crippen LogP contribution in [0.5, 0.6) is 0 Å². The van der Waals surface area contributed by atoms with E-state index >= 15 is 0 Å². The second-order valence-corrected chi connectivity index (χ2v) is 11.9. The molecule has 5 nitrogen and oxygen atoms in total. The Morgan fingerprint density at radius 2 is 0.796 bits per heavy atom. The third-order valence-corrected chi connectivity index (χ3v) is 8.87. The molecule has 0 spiro atoms. The van der Waals surface area contributed by atoms with E-state index in [1.807, 2.05) is 66.7 Å². The van der Waals surface area contributed by atoms with Crippen LogP contribution < -0.4 is 0 Å². The van der Waals surface area contributed by atoms with Gasteiger partial charge in [0.15, 0.2) is 17.5 Å². The number of rotatable bonds is 6. The third-order valence-electron chi connectivity index (χ3n) is 8.87. The highest BCUT2D eigenvalue weighted by atomic mass is 15.2. The van der Waals surface area contributed by atoms with Crippen molar-refractivity contribution < 1.29 is 0 Å². The van der Waals surface area contributed by atoms with E-state index in [1.54, 1.807) is 0 Å². The summed E-state index contributed by atoms with van der Waals surface area (Å²) in [5, 5.41) is 7.65. The maximum Gasteiger partial charge on any atom is 0.164 e. The van der Waals surface area contributed by atoms with Crippen LogP contribution in [0.3, 0.4) is 0 Å². The highest BCUT2D eigenvalue weighted by Crippen LogP contribution is 2.41. The molecule has 230 valence electrons. The van der Waals surface area contributed by atoms with Crippen LogP contribution in [0, 0.1) is 0 Å². The Bertz CT molecular complexity index is 2500. The van der Waals surface area contributed by atoms with Crippen molar-refractivity contribution in [3.05, 3.63) is 176 Å². The van der Waals surface area contributed by atoms with Gasteiger partial charge in [-0.1, -0.05) is 170 Å². The molecule has 0 N–H and O–H groups in total. The van der Waals surface area contributed by atoms with E-state index in [-0.39, 0.29) is 0 Å². The first kappa shape index (κ1) is 28.5. The standard InChI is InChI=1S/C44H29N5/c1-5-15-31(16-6-1)39-40(32-17-7-2-8-18-32)48-49-38(29-36-23-13-14-24-37(36)41(39)49)30-25-27-35(28-26-30)44-46-42(33-19-9-3-10-20-33)45-43(47-44)34-21-11-4-12-22-34/h1-29H. The van der Waals surface area contributed by atoms with Gasteiger partial charge in [-0.25, -0.2) is 19.5 Å². The van der Waals surface area contributed by atoms with Crippen molar-refractivity contribution in [1.29, 1.82) is 0 Å². The van der Waals surface area contributed by atoms with Gasteiger partial charge < -0.3 is 0 Å². The van der Waals surface area contributed by atoms with Crippen LogP contribution in [0.25, 0.3) is 84.1 Å². The molecule has 6 aromatic carbocycles. The topological polar surface area (TPSA) is 56.0 Å². The van der Waals surface area contributed by atoms with Crippen molar-refractivity contribution in [3.63, 3.8) is 0 Å². The lowest BCUT2D eigenvalue weighted by Gasteiger charge is -2.12. The van der Waals surface area contributed by atoms with Crippen LogP contribution in [0.2, 0.25) is 0 Å². The summed E-state index contributed by atoms with van der Waals surface area (Å²) in [5.41, 5.74) is 10.2. The molecular formula is C44H29N5. The predicted octanol–water partition coefficient (Wildman–Crippen LogP) is 10.7. The SMILES string of the molecule is c1ccc(-c2nc(-c3ccccc3)nc(-c3ccc(-c4cc5ccccc5c5c(-c6ccccc6)c(-c6ccccc6)nn45)cc3)n2)cc1. The first-order valence-electron chi connectivity index (χ1n) is 16.3. The summed E-state index contributed by atoms with van der Waals surface area (Å²) in [5.74, 6) is 1.91. The fourth-order valence-corrected chi connectivity index (χ4v) is 6.50. The molecule has 0 aliphatic heterocycles. The Morgan fingerprint density at radius 1 is 0.367 bits per heavy atom. The molecule has 3 heterocycles. The molecule has 0 atom stereocenters. The van der Waals surface area contributed by atoms with Gasteiger partial charge in [0.25, 0.3) is 0 Å². The summed E-state index contributed by atoms with van der Waals surface area (Å²) in [4.78, 5) is 14.7. The van der Waals surface area contributed by atoms with Crippen LogP contribution in [0.15, 0.2) is 176 Å². The Labute approximate surface area is 283 Å². The molecule has 0 fully saturated rings. The van der Waals surface area contributed by atoms with E-state index < -0.39 is 0 Å². The smallest absolute Gasteiger partial charge is 0.164 e. The van der Waals surface area contributed by atoms with Crippen LogP contribution in [-0.4, -0.2) is 24.6 Å². The molecule has 0 amide bonds. The number of benzene rings is 6. The Morgan fingerprint density at radius 3 is 1.35 bits per heavy atom. The zero-order valence-corrected chi connectivity index (χ0v) is 26.5. The van der Waals surface area contributed by atoms with Gasteiger partial charge in [-0.3, -0.25) is 0 Å². The first-order chi connectivity index (χ1) is 24.3. The lowest BCUT2D eigenvalue weighted by molar-refractivity contribution is 0.979. The minimum absolute atomic E-state index is 0.625. The summed E-state index contributed by atoms with van der Waals surface area (Å²) in [7, 11) is 0. The molecule has 0 saturated heterocycles. The Kier molecular flexibility index (Phi) is 7.06. The second-order valence-electron chi connectivity index (χ2n) is 11.9. The van der Waals surface area contributed by atoms with Gasteiger partial charge in [-0.2, -0.15) is 5.10 Å². The van der Waals surface area contributed by atoms with Gasteiger partial charge in [0.05, 0.1) is 11.2 Å². The van der Waals surface area contributed by atoms with Crippen LogP contribution >= 0.6 is 0 Å². The minimum Gasteiger partial charge on any atom is -0.231 e. The Hall–Kier alpha value is -6.72. The van der Waals surface area contributed by atoms with E-state index in [1.165, 1.54) is 0 Å². The summed E-state index contributed by atoms with van der Waals surface area (Å²) < 4.78 is 2.12. The number of pyridine rings is 1. The molecule has 0 aliphatic carbocycles.